The Bertz CT molecular complexity index is 366. The van der Waals surface area contributed by atoms with Gasteiger partial charge in [0.05, 0.1) is 7.11 Å². The highest BCUT2D eigenvalue weighted by Crippen LogP contribution is 2.27. The fraction of sp³-hybridized carbons (Fsp3) is 0.643. The molecule has 1 heterocycles. The largest absolute Gasteiger partial charge is 0.493 e. The molecule has 0 saturated heterocycles. The van der Waals surface area contributed by atoms with Crippen LogP contribution in [0.1, 0.15) is 27.2 Å². The van der Waals surface area contributed by atoms with Crippen LogP contribution in [-0.4, -0.2) is 31.7 Å². The lowest BCUT2D eigenvalue weighted by Gasteiger charge is -2.33. The minimum absolute atomic E-state index is 0.0672. The van der Waals surface area contributed by atoms with Gasteiger partial charge in [-0.15, -0.1) is 0 Å². The lowest BCUT2D eigenvalue weighted by Crippen LogP contribution is -2.39. The number of hydrogen-bond acceptors (Lipinski definition) is 4. The van der Waals surface area contributed by atoms with Crippen LogP contribution in [0, 0.1) is 5.41 Å². The number of ether oxygens (including phenoxy) is 1. The second-order valence-electron chi connectivity index (χ2n) is 5.32. The minimum atomic E-state index is 0.0672. The average Bonchev–Trinajstić information content (AvgIpc) is 2.38. The Morgan fingerprint density at radius 2 is 2.17 bits per heavy atom. The third kappa shape index (κ3) is 3.88. The highest BCUT2D eigenvalue weighted by atomic mass is 16.5. The lowest BCUT2D eigenvalue weighted by molar-refractivity contribution is 0.370. The maximum absolute atomic E-state index is 5.82. The summed E-state index contributed by atoms with van der Waals surface area (Å²) in [6.07, 6.45) is 2.87. The Balaban J connectivity index is 2.96. The molecule has 0 fully saturated rings. The zero-order valence-corrected chi connectivity index (χ0v) is 11.9. The fourth-order valence-corrected chi connectivity index (χ4v) is 1.89. The Morgan fingerprint density at radius 3 is 2.72 bits per heavy atom. The van der Waals surface area contributed by atoms with Gasteiger partial charge in [-0.05, 0) is 30.5 Å². The van der Waals surface area contributed by atoms with Crippen molar-refractivity contribution >= 4 is 5.82 Å². The number of nitrogens with two attached hydrogens (primary N) is 1. The van der Waals surface area contributed by atoms with E-state index in [4.69, 9.17) is 10.5 Å². The van der Waals surface area contributed by atoms with Gasteiger partial charge in [0.25, 0.3) is 0 Å². The maximum Gasteiger partial charge on any atom is 0.171 e. The van der Waals surface area contributed by atoms with E-state index >= 15 is 0 Å². The summed E-state index contributed by atoms with van der Waals surface area (Å²) in [5.41, 5.74) is 5.89. The van der Waals surface area contributed by atoms with Gasteiger partial charge in [-0.3, -0.25) is 0 Å². The number of hydrogen-bond donors (Lipinski definition) is 1. The van der Waals surface area contributed by atoms with Crippen LogP contribution >= 0.6 is 0 Å². The first kappa shape index (κ1) is 14.8. The van der Waals surface area contributed by atoms with Crippen LogP contribution < -0.4 is 15.4 Å². The molecule has 0 aromatic carbocycles. The fourth-order valence-electron chi connectivity index (χ4n) is 1.89. The molecule has 0 aliphatic carbocycles. The van der Waals surface area contributed by atoms with Crippen molar-refractivity contribution in [3.05, 3.63) is 18.3 Å². The molecule has 0 aliphatic heterocycles. The quantitative estimate of drug-likeness (QED) is 0.808. The average molecular weight is 251 g/mol. The first-order chi connectivity index (χ1) is 8.54. The molecule has 0 saturated carbocycles. The normalized spacial score (nSPS) is 11.4. The third-order valence-corrected chi connectivity index (χ3v) is 2.94. The number of pyridine rings is 1. The molecule has 0 bridgehead atoms. The van der Waals surface area contributed by atoms with Crippen LogP contribution in [0.15, 0.2) is 18.3 Å². The second kappa shape index (κ2) is 6.59. The smallest absolute Gasteiger partial charge is 0.171 e. The number of aromatic nitrogens is 1. The van der Waals surface area contributed by atoms with Gasteiger partial charge >= 0.3 is 0 Å². The van der Waals surface area contributed by atoms with E-state index in [1.54, 1.807) is 13.3 Å². The van der Waals surface area contributed by atoms with Crippen LogP contribution in [0.5, 0.6) is 5.75 Å². The first-order valence-corrected chi connectivity index (χ1v) is 6.48. The molecule has 0 amide bonds. The molecule has 2 N–H and O–H groups in total. The van der Waals surface area contributed by atoms with E-state index in [0.29, 0.717) is 6.54 Å². The summed E-state index contributed by atoms with van der Waals surface area (Å²) in [6.45, 7) is 9.00. The van der Waals surface area contributed by atoms with Crippen molar-refractivity contribution in [1.29, 1.82) is 0 Å². The van der Waals surface area contributed by atoms with Gasteiger partial charge in [-0.25, -0.2) is 4.98 Å². The number of nitrogens with zero attached hydrogens (tertiary/aromatic N) is 2. The van der Waals surface area contributed by atoms with Gasteiger partial charge in [0, 0.05) is 19.3 Å². The molecule has 1 rings (SSSR count). The van der Waals surface area contributed by atoms with Crippen molar-refractivity contribution in [2.75, 3.05) is 31.6 Å². The summed E-state index contributed by atoms with van der Waals surface area (Å²) in [5.74, 6) is 1.72. The zero-order chi connectivity index (χ0) is 13.6. The highest BCUT2D eigenvalue weighted by Gasteiger charge is 2.22. The predicted octanol–water partition coefficient (Wildman–Crippen LogP) is 2.29. The topological polar surface area (TPSA) is 51.4 Å². The van der Waals surface area contributed by atoms with Crippen molar-refractivity contribution in [2.24, 2.45) is 11.1 Å². The Kier molecular flexibility index (Phi) is 5.41. The van der Waals surface area contributed by atoms with Gasteiger partial charge in [-0.2, -0.15) is 0 Å². The van der Waals surface area contributed by atoms with Crippen LogP contribution in [0.25, 0.3) is 0 Å². The highest BCUT2D eigenvalue weighted by molar-refractivity contribution is 5.52. The van der Waals surface area contributed by atoms with E-state index < -0.39 is 0 Å². The van der Waals surface area contributed by atoms with Gasteiger partial charge < -0.3 is 15.4 Å². The Hall–Kier alpha value is -1.29. The molecule has 0 radical (unpaired) electrons. The van der Waals surface area contributed by atoms with Crippen LogP contribution in [0.4, 0.5) is 5.82 Å². The Morgan fingerprint density at radius 1 is 1.44 bits per heavy atom. The van der Waals surface area contributed by atoms with Gasteiger partial charge in [0.2, 0.25) is 0 Å². The molecule has 4 nitrogen and oxygen atoms in total. The number of methoxy groups -OCH3 is 1. The predicted molar refractivity (Wildman–Crippen MR) is 76.1 cm³/mol. The van der Waals surface area contributed by atoms with Crippen LogP contribution in [-0.2, 0) is 0 Å². The van der Waals surface area contributed by atoms with Gasteiger partial charge in [0.1, 0.15) is 0 Å². The molecular weight excluding hydrogens is 226 g/mol. The van der Waals surface area contributed by atoms with Crippen molar-refractivity contribution in [3.63, 3.8) is 0 Å². The molecule has 0 spiro atoms. The monoisotopic (exact) mass is 251 g/mol. The van der Waals surface area contributed by atoms with E-state index in [1.807, 2.05) is 12.1 Å². The summed E-state index contributed by atoms with van der Waals surface area (Å²) in [4.78, 5) is 6.70. The van der Waals surface area contributed by atoms with E-state index in [9.17, 15) is 0 Å². The van der Waals surface area contributed by atoms with Crippen molar-refractivity contribution < 1.29 is 4.74 Å². The molecule has 0 atom stereocenters. The second-order valence-corrected chi connectivity index (χ2v) is 5.32. The van der Waals surface area contributed by atoms with Crippen molar-refractivity contribution in [1.82, 2.24) is 4.98 Å². The number of rotatable bonds is 7. The Labute approximate surface area is 110 Å². The van der Waals surface area contributed by atoms with Gasteiger partial charge in [-0.1, -0.05) is 20.8 Å². The van der Waals surface area contributed by atoms with E-state index in [-0.39, 0.29) is 5.41 Å². The van der Waals surface area contributed by atoms with E-state index in [2.05, 4.69) is 30.7 Å². The molecule has 1 aromatic rings. The molecule has 102 valence electrons. The SMILES string of the molecule is CCCN(CC(C)(C)CN)c1ncccc1OC. The zero-order valence-electron chi connectivity index (χ0n) is 11.9. The summed E-state index contributed by atoms with van der Waals surface area (Å²) >= 11 is 0. The lowest BCUT2D eigenvalue weighted by atomic mass is 9.93. The molecule has 1 aromatic heterocycles. The molecule has 0 aliphatic rings. The molecular formula is C14H25N3O. The summed E-state index contributed by atoms with van der Waals surface area (Å²) in [7, 11) is 1.68. The first-order valence-electron chi connectivity index (χ1n) is 6.48. The van der Waals surface area contributed by atoms with Crippen molar-refractivity contribution in [3.8, 4) is 5.75 Å². The summed E-state index contributed by atoms with van der Waals surface area (Å²) < 4.78 is 5.39. The van der Waals surface area contributed by atoms with E-state index in [0.717, 1.165) is 31.1 Å². The summed E-state index contributed by atoms with van der Waals surface area (Å²) in [6, 6.07) is 3.83. The molecule has 4 heteroatoms. The van der Waals surface area contributed by atoms with E-state index in [1.165, 1.54) is 0 Å². The standard InChI is InChI=1S/C14H25N3O/c1-5-9-17(11-14(2,3)10-15)13-12(18-4)7-6-8-16-13/h6-8H,5,9-11,15H2,1-4H3. The van der Waals surface area contributed by atoms with Crippen molar-refractivity contribution in [2.45, 2.75) is 27.2 Å². The maximum atomic E-state index is 5.82. The summed E-state index contributed by atoms with van der Waals surface area (Å²) in [5, 5.41) is 0. The minimum Gasteiger partial charge on any atom is -0.493 e. The molecule has 18 heavy (non-hydrogen) atoms. The molecule has 0 unspecified atom stereocenters. The van der Waals surface area contributed by atoms with Crippen LogP contribution in [0.2, 0.25) is 0 Å². The number of anilines is 1. The third-order valence-electron chi connectivity index (χ3n) is 2.94. The van der Waals surface area contributed by atoms with Crippen LogP contribution in [0.3, 0.4) is 0 Å². The van der Waals surface area contributed by atoms with Gasteiger partial charge in [0.15, 0.2) is 11.6 Å².